The number of amides is 1. The summed E-state index contributed by atoms with van der Waals surface area (Å²) in [6, 6.07) is 3.56. The van der Waals surface area contributed by atoms with Gasteiger partial charge in [-0.1, -0.05) is 6.92 Å². The first-order valence-corrected chi connectivity index (χ1v) is 14.6. The van der Waals surface area contributed by atoms with Crippen molar-refractivity contribution >= 4 is 23.4 Å². The van der Waals surface area contributed by atoms with E-state index in [9.17, 15) is 49.1 Å². The number of aromatic nitrogens is 2. The number of fused-ring (bicyclic) bond motifs is 1. The van der Waals surface area contributed by atoms with Crippen molar-refractivity contribution in [2.24, 2.45) is 5.73 Å². The summed E-state index contributed by atoms with van der Waals surface area (Å²) in [6.07, 6.45) is -16.3. The first-order chi connectivity index (χ1) is 22.5. The quantitative estimate of drug-likeness (QED) is 0.236. The zero-order valence-corrected chi connectivity index (χ0v) is 26.1. The number of halogens is 9. The summed E-state index contributed by atoms with van der Waals surface area (Å²) in [5.74, 6) is -2.59. The fourth-order valence-corrected chi connectivity index (χ4v) is 5.52. The molecule has 3 N–H and O–H groups in total. The molecule has 1 aromatic heterocycles. The van der Waals surface area contributed by atoms with Gasteiger partial charge in [-0.25, -0.2) is 14.8 Å². The molecule has 3 aromatic rings. The highest BCUT2D eigenvalue weighted by atomic mass is 19.4. The molecule has 2 atom stereocenters. The number of carboxylic acids is 1. The maximum absolute atomic E-state index is 13.9. The zero-order valence-electron chi connectivity index (χ0n) is 26.1. The SMILES string of the molecule is CC[C@]1(N)C[C@H](c2ncc(N(C)C)c(Cc3cc(C(F)(F)F)cc(C(F)(F)F)c3)n2)c2cc(C(F)(F)F)ccc2N1C(=O)OCCC(=O)O. The van der Waals surface area contributed by atoms with E-state index < -0.39 is 83.9 Å². The Balaban J connectivity index is 1.89. The lowest BCUT2D eigenvalue weighted by Gasteiger charge is -2.46. The van der Waals surface area contributed by atoms with E-state index in [-0.39, 0.29) is 47.4 Å². The lowest BCUT2D eigenvalue weighted by atomic mass is 9.80. The number of hydrogen-bond donors (Lipinski definition) is 2. The third kappa shape index (κ3) is 8.17. The van der Waals surface area contributed by atoms with Crippen molar-refractivity contribution < 1.29 is 58.9 Å². The maximum Gasteiger partial charge on any atom is 0.416 e. The molecule has 0 aliphatic carbocycles. The standard InChI is InChI=1S/C31H30F9N5O4/c1-4-28(41)14-21(20-13-17(29(32,33)34)5-6-23(20)45(28)27(48)49-8-7-25(46)47)26-42-15-24(44(2)3)22(43-26)11-16-9-18(30(35,36)37)12-19(10-16)31(38,39)40/h5-6,9-10,12-13,15,21H,4,7-8,11,14,41H2,1-3H3,(H,46,47)/t21-,28+/m0/s1. The number of anilines is 2. The Morgan fingerprint density at radius 3 is 2.08 bits per heavy atom. The Bertz CT molecular complexity index is 1690. The number of hydrogen-bond acceptors (Lipinski definition) is 7. The van der Waals surface area contributed by atoms with Gasteiger partial charge in [-0.3, -0.25) is 9.69 Å². The number of carbonyl (C=O) groups is 2. The highest BCUT2D eigenvalue weighted by Crippen LogP contribution is 2.47. The number of carbonyl (C=O) groups excluding carboxylic acids is 1. The van der Waals surface area contributed by atoms with Gasteiger partial charge in [0.05, 0.1) is 46.4 Å². The highest BCUT2D eigenvalue weighted by molar-refractivity contribution is 5.91. The van der Waals surface area contributed by atoms with Crippen molar-refractivity contribution in [3.05, 3.63) is 81.9 Å². The van der Waals surface area contributed by atoms with Gasteiger partial charge in [0.15, 0.2) is 0 Å². The Morgan fingerprint density at radius 1 is 0.980 bits per heavy atom. The minimum absolute atomic E-state index is 0.00504. The van der Waals surface area contributed by atoms with Crippen LogP contribution in [0.5, 0.6) is 0 Å². The molecule has 0 bridgehead atoms. The van der Waals surface area contributed by atoms with Crippen molar-refractivity contribution in [3.8, 4) is 0 Å². The number of alkyl halides is 9. The predicted molar refractivity (Wildman–Crippen MR) is 157 cm³/mol. The van der Waals surface area contributed by atoms with E-state index in [2.05, 4.69) is 9.97 Å². The zero-order chi connectivity index (χ0) is 36.7. The molecule has 0 saturated carbocycles. The summed E-state index contributed by atoms with van der Waals surface area (Å²) in [6.45, 7) is 1.02. The fourth-order valence-electron chi connectivity index (χ4n) is 5.52. The second-order valence-corrected chi connectivity index (χ2v) is 11.6. The van der Waals surface area contributed by atoms with Crippen molar-refractivity contribution in [1.82, 2.24) is 9.97 Å². The largest absolute Gasteiger partial charge is 0.481 e. The predicted octanol–water partition coefficient (Wildman–Crippen LogP) is 7.21. The first kappa shape index (κ1) is 37.2. The van der Waals surface area contributed by atoms with Crippen LogP contribution >= 0.6 is 0 Å². The molecule has 266 valence electrons. The molecular weight excluding hydrogens is 677 g/mol. The third-order valence-corrected chi connectivity index (χ3v) is 7.99. The monoisotopic (exact) mass is 707 g/mol. The normalized spacial score (nSPS) is 18.2. The molecule has 0 saturated heterocycles. The van der Waals surface area contributed by atoms with Gasteiger partial charge < -0.3 is 20.5 Å². The smallest absolute Gasteiger partial charge is 0.416 e. The molecule has 0 unspecified atom stereocenters. The summed E-state index contributed by atoms with van der Waals surface area (Å²) < 4.78 is 128. The number of nitrogens with zero attached hydrogens (tertiary/aromatic N) is 4. The van der Waals surface area contributed by atoms with Crippen LogP contribution < -0.4 is 15.5 Å². The van der Waals surface area contributed by atoms with Crippen LogP contribution in [0.1, 0.15) is 71.4 Å². The Morgan fingerprint density at radius 2 is 1.57 bits per heavy atom. The average Bonchev–Trinajstić information content (AvgIpc) is 2.98. The van der Waals surface area contributed by atoms with Crippen molar-refractivity contribution in [3.63, 3.8) is 0 Å². The number of carboxylic acid groups (broad SMARTS) is 1. The van der Waals surface area contributed by atoms with Crippen LogP contribution in [0.15, 0.2) is 42.6 Å². The van der Waals surface area contributed by atoms with Gasteiger partial charge in [-0.05, 0) is 60.4 Å². The molecule has 2 aromatic carbocycles. The third-order valence-electron chi connectivity index (χ3n) is 7.99. The molecule has 1 aliphatic heterocycles. The van der Waals surface area contributed by atoms with Crippen LogP contribution in [0.4, 0.5) is 55.7 Å². The van der Waals surface area contributed by atoms with Gasteiger partial charge in [0.25, 0.3) is 0 Å². The number of rotatable bonds is 8. The lowest BCUT2D eigenvalue weighted by Crippen LogP contribution is -2.61. The van der Waals surface area contributed by atoms with E-state index in [4.69, 9.17) is 15.6 Å². The van der Waals surface area contributed by atoms with Crippen molar-refractivity contribution in [2.45, 2.75) is 62.7 Å². The van der Waals surface area contributed by atoms with Crippen LogP contribution in [-0.4, -0.2) is 53.5 Å². The minimum Gasteiger partial charge on any atom is -0.481 e. The Labute approximate surface area is 273 Å². The molecule has 2 heterocycles. The summed E-state index contributed by atoms with van der Waals surface area (Å²) in [4.78, 5) is 35.4. The van der Waals surface area contributed by atoms with Crippen LogP contribution in [0.2, 0.25) is 0 Å². The molecule has 1 aliphatic rings. The summed E-state index contributed by atoms with van der Waals surface area (Å²) in [5, 5.41) is 8.93. The van der Waals surface area contributed by atoms with E-state index >= 15 is 0 Å². The van der Waals surface area contributed by atoms with Crippen LogP contribution in [0.25, 0.3) is 0 Å². The summed E-state index contributed by atoms with van der Waals surface area (Å²) >= 11 is 0. The molecule has 0 fully saturated rings. The Hall–Kier alpha value is -4.61. The molecular formula is C31H30F9N5O4. The van der Waals surface area contributed by atoms with Gasteiger partial charge in [-0.2, -0.15) is 39.5 Å². The van der Waals surface area contributed by atoms with Crippen LogP contribution in [0.3, 0.4) is 0 Å². The average molecular weight is 708 g/mol. The fraction of sp³-hybridized carbons (Fsp3) is 0.419. The molecule has 9 nitrogen and oxygen atoms in total. The highest BCUT2D eigenvalue weighted by Gasteiger charge is 2.47. The molecule has 18 heteroatoms. The summed E-state index contributed by atoms with van der Waals surface area (Å²) in [5.41, 5.74) is 0.364. The van der Waals surface area contributed by atoms with Crippen molar-refractivity contribution in [1.29, 1.82) is 0 Å². The van der Waals surface area contributed by atoms with Gasteiger partial charge in [0.1, 0.15) is 18.1 Å². The van der Waals surface area contributed by atoms with Gasteiger partial charge in [-0.15, -0.1) is 0 Å². The van der Waals surface area contributed by atoms with Gasteiger partial charge in [0, 0.05) is 26.4 Å². The topological polar surface area (TPSA) is 122 Å². The second-order valence-electron chi connectivity index (χ2n) is 11.6. The second kappa shape index (κ2) is 13.4. The van der Waals surface area contributed by atoms with E-state index in [1.807, 2.05) is 0 Å². The molecule has 1 amide bonds. The Kier molecular flexibility index (Phi) is 10.1. The van der Waals surface area contributed by atoms with Crippen LogP contribution in [-0.2, 0) is 34.5 Å². The van der Waals surface area contributed by atoms with E-state index in [0.29, 0.717) is 18.2 Å². The number of aliphatic carboxylic acids is 1. The maximum atomic E-state index is 13.9. The molecule has 0 spiro atoms. The van der Waals surface area contributed by atoms with Crippen LogP contribution in [0, 0.1) is 0 Å². The van der Waals surface area contributed by atoms with E-state index in [1.54, 1.807) is 6.92 Å². The van der Waals surface area contributed by atoms with Gasteiger partial charge >= 0.3 is 30.6 Å². The minimum atomic E-state index is -5.11. The van der Waals surface area contributed by atoms with Gasteiger partial charge in [0.2, 0.25) is 0 Å². The molecule has 49 heavy (non-hydrogen) atoms. The lowest BCUT2D eigenvalue weighted by molar-refractivity contribution is -0.143. The number of ether oxygens (including phenoxy) is 1. The number of benzene rings is 2. The number of nitrogens with two attached hydrogens (primary N) is 1. The molecule has 4 rings (SSSR count). The summed E-state index contributed by atoms with van der Waals surface area (Å²) in [7, 11) is 3.05. The first-order valence-electron chi connectivity index (χ1n) is 14.6. The van der Waals surface area contributed by atoms with Crippen molar-refractivity contribution in [2.75, 3.05) is 30.5 Å². The van der Waals surface area contributed by atoms with E-state index in [1.165, 1.54) is 25.2 Å². The van der Waals surface area contributed by atoms with E-state index in [0.717, 1.165) is 17.0 Å². The molecule has 0 radical (unpaired) electrons.